The minimum atomic E-state index is -0.443. The van der Waals surface area contributed by atoms with Crippen molar-refractivity contribution in [3.63, 3.8) is 0 Å². The molecule has 18 heavy (non-hydrogen) atoms. The first-order chi connectivity index (χ1) is 8.56. The Kier molecular flexibility index (Phi) is 3.57. The number of aromatic nitrogens is 1. The van der Waals surface area contributed by atoms with Crippen molar-refractivity contribution < 1.29 is 8.91 Å². The van der Waals surface area contributed by atoms with Gasteiger partial charge >= 0.3 is 0 Å². The number of thiocarbonyl (C=S) groups is 1. The van der Waals surface area contributed by atoms with Crippen molar-refractivity contribution in [2.75, 3.05) is 5.32 Å². The van der Waals surface area contributed by atoms with Gasteiger partial charge in [-0.05, 0) is 25.1 Å². The van der Waals surface area contributed by atoms with Crippen molar-refractivity contribution in [2.24, 2.45) is 5.73 Å². The first-order valence-electron chi connectivity index (χ1n) is 5.31. The maximum absolute atomic E-state index is 13.6. The van der Waals surface area contributed by atoms with Crippen molar-refractivity contribution in [1.82, 2.24) is 5.16 Å². The highest BCUT2D eigenvalue weighted by atomic mass is 32.1. The Morgan fingerprint density at radius 1 is 1.50 bits per heavy atom. The monoisotopic (exact) mass is 265 g/mol. The molecule has 0 bridgehead atoms. The molecule has 6 heteroatoms. The van der Waals surface area contributed by atoms with Gasteiger partial charge in [0.25, 0.3) is 0 Å². The van der Waals surface area contributed by atoms with E-state index in [4.69, 9.17) is 22.5 Å². The third-order valence-electron chi connectivity index (χ3n) is 2.38. The van der Waals surface area contributed by atoms with E-state index in [9.17, 15) is 4.39 Å². The molecule has 0 unspecified atom stereocenters. The molecular formula is C12H12FN3OS. The molecule has 2 rings (SSSR count). The summed E-state index contributed by atoms with van der Waals surface area (Å²) >= 11 is 4.73. The van der Waals surface area contributed by atoms with Gasteiger partial charge in [0, 0.05) is 17.3 Å². The van der Waals surface area contributed by atoms with Gasteiger partial charge in [-0.3, -0.25) is 0 Å². The third kappa shape index (κ3) is 2.84. The minimum absolute atomic E-state index is 0.0462. The first kappa shape index (κ1) is 12.5. The Labute approximate surface area is 109 Å². The number of aryl methyl sites for hydroxylation is 1. The lowest BCUT2D eigenvalue weighted by Gasteiger charge is -2.06. The van der Waals surface area contributed by atoms with Crippen LogP contribution in [0.15, 0.2) is 28.8 Å². The van der Waals surface area contributed by atoms with Crippen molar-refractivity contribution in [2.45, 2.75) is 13.5 Å². The van der Waals surface area contributed by atoms with Gasteiger partial charge in [-0.1, -0.05) is 17.4 Å². The zero-order valence-corrected chi connectivity index (χ0v) is 10.6. The highest BCUT2D eigenvalue weighted by Crippen LogP contribution is 2.15. The predicted octanol–water partition coefficient (Wildman–Crippen LogP) is 2.37. The summed E-state index contributed by atoms with van der Waals surface area (Å²) < 4.78 is 18.6. The fourth-order valence-corrected chi connectivity index (χ4v) is 1.68. The summed E-state index contributed by atoms with van der Waals surface area (Å²) in [7, 11) is 0. The van der Waals surface area contributed by atoms with Crippen LogP contribution >= 0.6 is 12.2 Å². The Balaban J connectivity index is 2.06. The molecular weight excluding hydrogens is 253 g/mol. The van der Waals surface area contributed by atoms with Gasteiger partial charge in [-0.15, -0.1) is 0 Å². The lowest BCUT2D eigenvalue weighted by molar-refractivity contribution is 0.384. The molecule has 0 atom stereocenters. The van der Waals surface area contributed by atoms with Gasteiger partial charge in [0.15, 0.2) is 5.76 Å². The van der Waals surface area contributed by atoms with Gasteiger partial charge < -0.3 is 15.6 Å². The molecule has 0 spiro atoms. The second-order valence-electron chi connectivity index (χ2n) is 3.85. The second kappa shape index (κ2) is 5.14. The van der Waals surface area contributed by atoms with Crippen LogP contribution in [0.25, 0.3) is 0 Å². The quantitative estimate of drug-likeness (QED) is 0.831. The lowest BCUT2D eigenvalue weighted by Crippen LogP contribution is -2.11. The van der Waals surface area contributed by atoms with Gasteiger partial charge in [0.2, 0.25) is 0 Å². The number of nitrogens with two attached hydrogens (primary N) is 1. The van der Waals surface area contributed by atoms with Crippen LogP contribution in [0.4, 0.5) is 10.1 Å². The fourth-order valence-electron chi connectivity index (χ4n) is 1.51. The Morgan fingerprint density at radius 2 is 2.28 bits per heavy atom. The number of nitrogens with zero attached hydrogens (tertiary/aromatic N) is 1. The number of hydrogen-bond acceptors (Lipinski definition) is 4. The van der Waals surface area contributed by atoms with E-state index in [0.717, 1.165) is 5.69 Å². The highest BCUT2D eigenvalue weighted by Gasteiger charge is 2.06. The Bertz CT molecular complexity index is 582. The van der Waals surface area contributed by atoms with E-state index < -0.39 is 5.82 Å². The van der Waals surface area contributed by atoms with Crippen LogP contribution in [0, 0.1) is 12.7 Å². The van der Waals surface area contributed by atoms with E-state index >= 15 is 0 Å². The molecule has 0 fully saturated rings. The average Bonchev–Trinajstić information content (AvgIpc) is 2.72. The van der Waals surface area contributed by atoms with E-state index in [2.05, 4.69) is 10.5 Å². The summed E-state index contributed by atoms with van der Waals surface area (Å²) in [5.74, 6) is 0.243. The van der Waals surface area contributed by atoms with E-state index in [1.165, 1.54) is 6.07 Å². The van der Waals surface area contributed by atoms with Gasteiger partial charge in [-0.2, -0.15) is 0 Å². The largest absolute Gasteiger partial charge is 0.389 e. The van der Waals surface area contributed by atoms with E-state index in [-0.39, 0.29) is 10.6 Å². The third-order valence-corrected chi connectivity index (χ3v) is 2.60. The average molecular weight is 265 g/mol. The van der Waals surface area contributed by atoms with E-state index in [1.54, 1.807) is 12.1 Å². The Morgan fingerprint density at radius 3 is 2.83 bits per heavy atom. The number of rotatable bonds is 4. The zero-order valence-electron chi connectivity index (χ0n) is 9.74. The second-order valence-corrected chi connectivity index (χ2v) is 4.29. The van der Waals surface area contributed by atoms with Crippen LogP contribution < -0.4 is 11.1 Å². The fraction of sp³-hybridized carbons (Fsp3) is 0.167. The smallest absolute Gasteiger partial charge is 0.156 e. The molecule has 1 aromatic carbocycles. The van der Waals surface area contributed by atoms with Crippen LogP contribution in [0.3, 0.4) is 0 Å². The van der Waals surface area contributed by atoms with Crippen LogP contribution in [-0.2, 0) is 6.54 Å². The molecule has 1 aromatic heterocycles. The van der Waals surface area contributed by atoms with Crippen LogP contribution in [0.5, 0.6) is 0 Å². The molecule has 0 amide bonds. The molecule has 0 aliphatic rings. The number of anilines is 1. The highest BCUT2D eigenvalue weighted by molar-refractivity contribution is 7.80. The number of benzene rings is 1. The predicted molar refractivity (Wildman–Crippen MR) is 70.9 cm³/mol. The number of halogens is 1. The summed E-state index contributed by atoms with van der Waals surface area (Å²) in [6, 6.07) is 6.41. The van der Waals surface area contributed by atoms with Crippen molar-refractivity contribution in [3.8, 4) is 0 Å². The standard InChI is InChI=1S/C12H12FN3OS/c1-7-4-9(17-16-7)6-15-8-2-3-10(12(14)18)11(13)5-8/h2-5,15H,6H2,1H3,(H2,14,18). The van der Waals surface area contributed by atoms with Crippen LogP contribution in [0.2, 0.25) is 0 Å². The Hall–Kier alpha value is -1.95. The van der Waals surface area contributed by atoms with Gasteiger partial charge in [-0.25, -0.2) is 4.39 Å². The molecule has 0 saturated carbocycles. The molecule has 0 aliphatic carbocycles. The summed E-state index contributed by atoms with van der Waals surface area (Å²) in [6.45, 7) is 2.27. The maximum Gasteiger partial charge on any atom is 0.156 e. The number of hydrogen-bond donors (Lipinski definition) is 2. The topological polar surface area (TPSA) is 64.1 Å². The van der Waals surface area contributed by atoms with Crippen LogP contribution in [0.1, 0.15) is 17.0 Å². The molecule has 3 N–H and O–H groups in total. The van der Waals surface area contributed by atoms with Crippen molar-refractivity contribution >= 4 is 22.9 Å². The van der Waals surface area contributed by atoms with Crippen molar-refractivity contribution in [3.05, 3.63) is 47.1 Å². The normalized spacial score (nSPS) is 10.3. The lowest BCUT2D eigenvalue weighted by atomic mass is 10.2. The summed E-state index contributed by atoms with van der Waals surface area (Å²) in [5.41, 5.74) is 7.06. The molecule has 2 aromatic rings. The number of nitrogens with one attached hydrogen (secondary N) is 1. The molecule has 4 nitrogen and oxygen atoms in total. The molecule has 0 aliphatic heterocycles. The van der Waals surface area contributed by atoms with Crippen molar-refractivity contribution in [1.29, 1.82) is 0 Å². The van der Waals surface area contributed by atoms with E-state index in [0.29, 0.717) is 18.0 Å². The molecule has 1 heterocycles. The maximum atomic E-state index is 13.6. The molecule has 0 radical (unpaired) electrons. The molecule has 94 valence electrons. The van der Waals surface area contributed by atoms with Gasteiger partial charge in [0.05, 0.1) is 12.2 Å². The summed E-state index contributed by atoms with van der Waals surface area (Å²) in [6.07, 6.45) is 0. The minimum Gasteiger partial charge on any atom is -0.389 e. The van der Waals surface area contributed by atoms with Gasteiger partial charge in [0.1, 0.15) is 10.8 Å². The first-order valence-corrected chi connectivity index (χ1v) is 5.72. The summed E-state index contributed by atoms with van der Waals surface area (Å²) in [5, 5.41) is 6.78. The van der Waals surface area contributed by atoms with Crippen LogP contribution in [-0.4, -0.2) is 10.1 Å². The SMILES string of the molecule is Cc1cc(CNc2ccc(C(N)=S)c(F)c2)on1. The zero-order chi connectivity index (χ0) is 13.1. The molecule has 0 saturated heterocycles. The summed E-state index contributed by atoms with van der Waals surface area (Å²) in [4.78, 5) is 0.0462. The van der Waals surface area contributed by atoms with E-state index in [1.807, 2.05) is 13.0 Å².